The van der Waals surface area contributed by atoms with E-state index in [-0.39, 0.29) is 18.2 Å². The van der Waals surface area contributed by atoms with E-state index in [2.05, 4.69) is 25.1 Å². The maximum absolute atomic E-state index is 12.0. The van der Waals surface area contributed by atoms with Crippen molar-refractivity contribution in [1.82, 2.24) is 0 Å². The van der Waals surface area contributed by atoms with Crippen LogP contribution >= 0.6 is 0 Å². The van der Waals surface area contributed by atoms with Gasteiger partial charge in [0.1, 0.15) is 0 Å². The first-order chi connectivity index (χ1) is 8.19. The lowest BCUT2D eigenvalue weighted by atomic mass is 9.95. The van der Waals surface area contributed by atoms with Gasteiger partial charge >= 0.3 is 0 Å². The molecule has 1 heterocycles. The molecule has 0 spiro atoms. The van der Waals surface area contributed by atoms with E-state index in [1.807, 2.05) is 6.07 Å². The summed E-state index contributed by atoms with van der Waals surface area (Å²) in [7, 11) is 1.78. The minimum absolute atomic E-state index is 0.0372. The van der Waals surface area contributed by atoms with E-state index in [1.54, 1.807) is 11.9 Å². The van der Waals surface area contributed by atoms with E-state index in [9.17, 15) is 4.79 Å². The molecule has 0 N–H and O–H groups in total. The summed E-state index contributed by atoms with van der Waals surface area (Å²) >= 11 is 0. The zero-order valence-corrected chi connectivity index (χ0v) is 10.2. The standard InChI is InChI=1S/C14H16N2O/c1-3-4-10-5-6-13-12(9-10)11(7-8-15)14(17)16(13)2/h5-6,9,11H,3-4,7H2,1-2H3. The number of nitrogens with zero attached hydrogens (tertiary/aromatic N) is 2. The van der Waals surface area contributed by atoms with Gasteiger partial charge in [-0.1, -0.05) is 25.5 Å². The summed E-state index contributed by atoms with van der Waals surface area (Å²) in [5, 5.41) is 8.81. The Balaban J connectivity index is 2.42. The Kier molecular flexibility index (Phi) is 3.14. The molecule has 17 heavy (non-hydrogen) atoms. The predicted molar refractivity (Wildman–Crippen MR) is 66.8 cm³/mol. The van der Waals surface area contributed by atoms with Gasteiger partial charge in [0.15, 0.2) is 0 Å². The van der Waals surface area contributed by atoms with E-state index in [0.29, 0.717) is 0 Å². The molecule has 1 unspecified atom stereocenters. The van der Waals surface area contributed by atoms with Crippen LogP contribution in [0.3, 0.4) is 0 Å². The number of likely N-dealkylation sites (N-methyl/N-ethyl adjacent to an activating group) is 1. The Labute approximate surface area is 102 Å². The highest BCUT2D eigenvalue weighted by Gasteiger charge is 2.34. The Morgan fingerprint density at radius 2 is 2.24 bits per heavy atom. The summed E-state index contributed by atoms with van der Waals surface area (Å²) in [6, 6.07) is 8.26. The fraction of sp³-hybridized carbons (Fsp3) is 0.429. The smallest absolute Gasteiger partial charge is 0.235 e. The number of anilines is 1. The fourth-order valence-electron chi connectivity index (χ4n) is 2.41. The van der Waals surface area contributed by atoms with Crippen LogP contribution in [0.5, 0.6) is 0 Å². The van der Waals surface area contributed by atoms with Crippen molar-refractivity contribution in [3.63, 3.8) is 0 Å². The lowest BCUT2D eigenvalue weighted by Crippen LogP contribution is -2.23. The number of benzene rings is 1. The van der Waals surface area contributed by atoms with Crippen molar-refractivity contribution in [3.8, 4) is 6.07 Å². The SMILES string of the molecule is CCCc1ccc2c(c1)C(CC#N)C(=O)N2C. The molecule has 0 bridgehead atoms. The molecule has 1 aromatic carbocycles. The molecule has 3 heteroatoms. The third-order valence-corrected chi connectivity index (χ3v) is 3.29. The van der Waals surface area contributed by atoms with Crippen LogP contribution in [-0.4, -0.2) is 13.0 Å². The normalized spacial score (nSPS) is 18.1. The summed E-state index contributed by atoms with van der Waals surface area (Å²) in [6.07, 6.45) is 2.38. The Morgan fingerprint density at radius 3 is 2.88 bits per heavy atom. The first-order valence-corrected chi connectivity index (χ1v) is 5.96. The molecular formula is C14H16N2O. The summed E-state index contributed by atoms with van der Waals surface area (Å²) < 4.78 is 0. The molecule has 1 amide bonds. The third-order valence-electron chi connectivity index (χ3n) is 3.29. The summed E-state index contributed by atoms with van der Waals surface area (Å²) in [5.41, 5.74) is 3.22. The maximum atomic E-state index is 12.0. The summed E-state index contributed by atoms with van der Waals surface area (Å²) in [5.74, 6) is -0.230. The number of hydrogen-bond donors (Lipinski definition) is 0. The molecule has 0 fully saturated rings. The van der Waals surface area contributed by atoms with Crippen molar-refractivity contribution in [1.29, 1.82) is 5.26 Å². The zero-order valence-electron chi connectivity index (χ0n) is 10.2. The largest absolute Gasteiger partial charge is 0.315 e. The van der Waals surface area contributed by atoms with Gasteiger partial charge in [-0.2, -0.15) is 5.26 Å². The van der Waals surface area contributed by atoms with Gasteiger partial charge in [0, 0.05) is 12.7 Å². The first kappa shape index (κ1) is 11.7. The van der Waals surface area contributed by atoms with E-state index in [1.165, 1.54) is 5.56 Å². The van der Waals surface area contributed by atoms with Crippen molar-refractivity contribution in [3.05, 3.63) is 29.3 Å². The number of hydrogen-bond acceptors (Lipinski definition) is 2. The van der Waals surface area contributed by atoms with E-state index < -0.39 is 0 Å². The van der Waals surface area contributed by atoms with Gasteiger partial charge in [-0.25, -0.2) is 0 Å². The molecule has 2 rings (SSSR count). The molecule has 88 valence electrons. The maximum Gasteiger partial charge on any atom is 0.235 e. The van der Waals surface area contributed by atoms with Crippen LogP contribution < -0.4 is 4.90 Å². The highest BCUT2D eigenvalue weighted by Crippen LogP contribution is 2.38. The minimum atomic E-state index is -0.267. The van der Waals surface area contributed by atoms with E-state index in [0.717, 1.165) is 24.1 Å². The summed E-state index contributed by atoms with van der Waals surface area (Å²) in [4.78, 5) is 13.7. The minimum Gasteiger partial charge on any atom is -0.315 e. The molecule has 0 saturated heterocycles. The van der Waals surface area contributed by atoms with Crippen molar-refractivity contribution in [2.45, 2.75) is 32.1 Å². The second-order valence-corrected chi connectivity index (χ2v) is 4.46. The number of rotatable bonds is 3. The highest BCUT2D eigenvalue weighted by molar-refractivity contribution is 6.04. The molecular weight excluding hydrogens is 212 g/mol. The fourth-order valence-corrected chi connectivity index (χ4v) is 2.41. The number of fused-ring (bicyclic) bond motifs is 1. The topological polar surface area (TPSA) is 44.1 Å². The second-order valence-electron chi connectivity index (χ2n) is 4.46. The monoisotopic (exact) mass is 228 g/mol. The predicted octanol–water partition coefficient (Wildman–Crippen LogP) is 2.61. The molecule has 0 aromatic heterocycles. The average molecular weight is 228 g/mol. The number of aryl methyl sites for hydroxylation is 1. The van der Waals surface area contributed by atoms with Gasteiger partial charge in [-0.3, -0.25) is 4.79 Å². The van der Waals surface area contributed by atoms with Crippen molar-refractivity contribution >= 4 is 11.6 Å². The molecule has 0 aliphatic carbocycles. The van der Waals surface area contributed by atoms with Gasteiger partial charge in [0.05, 0.1) is 18.4 Å². The van der Waals surface area contributed by atoms with Gasteiger partial charge < -0.3 is 4.90 Å². The van der Waals surface area contributed by atoms with Crippen LogP contribution in [0.4, 0.5) is 5.69 Å². The van der Waals surface area contributed by atoms with Crippen molar-refractivity contribution in [2.75, 3.05) is 11.9 Å². The first-order valence-electron chi connectivity index (χ1n) is 5.96. The van der Waals surface area contributed by atoms with Crippen LogP contribution in [0.25, 0.3) is 0 Å². The van der Waals surface area contributed by atoms with Gasteiger partial charge in [-0.15, -0.1) is 0 Å². The number of carbonyl (C=O) groups excluding carboxylic acids is 1. The van der Waals surface area contributed by atoms with Crippen LogP contribution in [0.15, 0.2) is 18.2 Å². The van der Waals surface area contributed by atoms with Crippen LogP contribution in [-0.2, 0) is 11.2 Å². The van der Waals surface area contributed by atoms with Crippen molar-refractivity contribution < 1.29 is 4.79 Å². The van der Waals surface area contributed by atoms with Crippen LogP contribution in [0, 0.1) is 11.3 Å². The lowest BCUT2D eigenvalue weighted by molar-refractivity contribution is -0.118. The molecule has 1 aromatic rings. The van der Waals surface area contributed by atoms with Crippen LogP contribution in [0.1, 0.15) is 36.8 Å². The lowest BCUT2D eigenvalue weighted by Gasteiger charge is -2.10. The van der Waals surface area contributed by atoms with Gasteiger partial charge in [-0.05, 0) is 23.6 Å². The Morgan fingerprint density at radius 1 is 1.47 bits per heavy atom. The summed E-state index contributed by atoms with van der Waals surface area (Å²) in [6.45, 7) is 2.14. The number of carbonyl (C=O) groups is 1. The molecule has 1 aliphatic rings. The average Bonchev–Trinajstić information content (AvgIpc) is 2.55. The molecule has 0 radical (unpaired) electrons. The Hall–Kier alpha value is -1.82. The van der Waals surface area contributed by atoms with E-state index in [4.69, 9.17) is 5.26 Å². The molecule has 3 nitrogen and oxygen atoms in total. The van der Waals surface area contributed by atoms with Crippen LogP contribution in [0.2, 0.25) is 0 Å². The number of amides is 1. The van der Waals surface area contributed by atoms with Gasteiger partial charge in [0.25, 0.3) is 0 Å². The van der Waals surface area contributed by atoms with Gasteiger partial charge in [0.2, 0.25) is 5.91 Å². The number of nitriles is 1. The van der Waals surface area contributed by atoms with E-state index >= 15 is 0 Å². The Bertz CT molecular complexity index is 487. The second kappa shape index (κ2) is 4.58. The highest BCUT2D eigenvalue weighted by atomic mass is 16.2. The third kappa shape index (κ3) is 1.91. The van der Waals surface area contributed by atoms with Crippen molar-refractivity contribution in [2.24, 2.45) is 0 Å². The molecule has 1 atom stereocenters. The molecule has 1 aliphatic heterocycles. The quantitative estimate of drug-likeness (QED) is 0.798. The molecule has 0 saturated carbocycles. The zero-order chi connectivity index (χ0) is 12.4.